The van der Waals surface area contributed by atoms with E-state index in [0.29, 0.717) is 12.2 Å². The normalized spacial score (nSPS) is 11.6. The highest BCUT2D eigenvalue weighted by Gasteiger charge is 2.12. The molecule has 0 radical (unpaired) electrons. The Balaban J connectivity index is 2.69. The minimum atomic E-state index is -0.424. The van der Waals surface area contributed by atoms with E-state index in [0.717, 1.165) is 5.56 Å². The number of hydrogen-bond acceptors (Lipinski definition) is 4. The molecule has 0 aromatic heterocycles. The highest BCUT2D eigenvalue weighted by atomic mass is 16.5. The van der Waals surface area contributed by atoms with E-state index in [-0.39, 0.29) is 12.4 Å². The van der Waals surface area contributed by atoms with Gasteiger partial charge in [-0.3, -0.25) is 4.79 Å². The monoisotopic (exact) mass is 218 g/mol. The van der Waals surface area contributed by atoms with E-state index in [9.17, 15) is 4.79 Å². The van der Waals surface area contributed by atoms with Crippen LogP contribution in [0.2, 0.25) is 0 Å². The summed E-state index contributed by atoms with van der Waals surface area (Å²) in [7, 11) is 0. The summed E-state index contributed by atoms with van der Waals surface area (Å²) in [4.78, 5) is 11.2. The first-order chi connectivity index (χ1) is 7.67. The molecule has 0 aliphatic heterocycles. The van der Waals surface area contributed by atoms with Crippen molar-refractivity contribution in [1.82, 2.24) is 0 Å². The third kappa shape index (κ3) is 3.37. The summed E-state index contributed by atoms with van der Waals surface area (Å²) in [5.41, 5.74) is 7.15. The van der Waals surface area contributed by atoms with Gasteiger partial charge in [0, 0.05) is 6.04 Å². The van der Waals surface area contributed by atoms with Gasteiger partial charge in [0.15, 0.2) is 0 Å². The second-order valence-electron chi connectivity index (χ2n) is 3.35. The van der Waals surface area contributed by atoms with Crippen molar-refractivity contribution < 1.29 is 9.53 Å². The second-order valence-corrected chi connectivity index (χ2v) is 3.35. The highest BCUT2D eigenvalue weighted by molar-refractivity contribution is 5.70. The van der Waals surface area contributed by atoms with Crippen LogP contribution in [-0.2, 0) is 9.53 Å². The molecule has 0 heterocycles. The third-order valence-corrected chi connectivity index (χ3v) is 2.14. The number of nitriles is 1. The van der Waals surface area contributed by atoms with Crippen LogP contribution in [0, 0.1) is 11.3 Å². The SMILES string of the molecule is CCOC(=O)C[C@H](N)c1cccc(C#N)c1. The van der Waals surface area contributed by atoms with Gasteiger partial charge in [-0.1, -0.05) is 12.1 Å². The summed E-state index contributed by atoms with van der Waals surface area (Å²) in [6.45, 7) is 2.10. The third-order valence-electron chi connectivity index (χ3n) is 2.14. The molecule has 0 amide bonds. The molecular formula is C12H14N2O2. The number of rotatable bonds is 4. The van der Waals surface area contributed by atoms with Crippen molar-refractivity contribution >= 4 is 5.97 Å². The van der Waals surface area contributed by atoms with Crippen molar-refractivity contribution in [3.8, 4) is 6.07 Å². The molecule has 0 fully saturated rings. The maximum Gasteiger partial charge on any atom is 0.307 e. The summed E-state index contributed by atoms with van der Waals surface area (Å²) in [6.07, 6.45) is 0.128. The molecule has 0 unspecified atom stereocenters. The van der Waals surface area contributed by atoms with Crippen LogP contribution in [0.25, 0.3) is 0 Å². The first-order valence-electron chi connectivity index (χ1n) is 5.08. The quantitative estimate of drug-likeness (QED) is 0.777. The Bertz CT molecular complexity index is 410. The fourth-order valence-electron chi connectivity index (χ4n) is 1.36. The van der Waals surface area contributed by atoms with Crippen LogP contribution >= 0.6 is 0 Å². The summed E-state index contributed by atoms with van der Waals surface area (Å²) in [6, 6.07) is 8.53. The molecule has 0 saturated carbocycles. The van der Waals surface area contributed by atoms with Gasteiger partial charge in [-0.15, -0.1) is 0 Å². The average molecular weight is 218 g/mol. The fraction of sp³-hybridized carbons (Fsp3) is 0.333. The van der Waals surface area contributed by atoms with Gasteiger partial charge in [0.2, 0.25) is 0 Å². The maximum absolute atomic E-state index is 11.2. The first-order valence-corrected chi connectivity index (χ1v) is 5.08. The number of nitrogens with two attached hydrogens (primary N) is 1. The van der Waals surface area contributed by atoms with Crippen molar-refractivity contribution in [3.63, 3.8) is 0 Å². The molecule has 1 aromatic carbocycles. The van der Waals surface area contributed by atoms with Gasteiger partial charge in [0.05, 0.1) is 24.7 Å². The molecule has 1 atom stereocenters. The minimum absolute atomic E-state index is 0.128. The van der Waals surface area contributed by atoms with Crippen LogP contribution in [0.4, 0.5) is 0 Å². The molecule has 4 heteroatoms. The molecule has 0 saturated heterocycles. The Morgan fingerprint density at radius 3 is 3.00 bits per heavy atom. The highest BCUT2D eigenvalue weighted by Crippen LogP contribution is 2.15. The van der Waals surface area contributed by atoms with E-state index in [2.05, 4.69) is 0 Å². The van der Waals surface area contributed by atoms with Crippen molar-refractivity contribution in [1.29, 1.82) is 5.26 Å². The van der Waals surface area contributed by atoms with Crippen molar-refractivity contribution in [2.75, 3.05) is 6.61 Å². The molecular weight excluding hydrogens is 204 g/mol. The summed E-state index contributed by atoms with van der Waals surface area (Å²) < 4.78 is 4.81. The maximum atomic E-state index is 11.2. The second kappa shape index (κ2) is 5.89. The molecule has 16 heavy (non-hydrogen) atoms. The summed E-state index contributed by atoms with van der Waals surface area (Å²) in [5.74, 6) is -0.322. The lowest BCUT2D eigenvalue weighted by atomic mass is 10.0. The average Bonchev–Trinajstić information content (AvgIpc) is 2.29. The zero-order valence-electron chi connectivity index (χ0n) is 9.14. The van der Waals surface area contributed by atoms with E-state index in [1.165, 1.54) is 0 Å². The zero-order valence-corrected chi connectivity index (χ0v) is 9.14. The fourth-order valence-corrected chi connectivity index (χ4v) is 1.36. The van der Waals surface area contributed by atoms with E-state index >= 15 is 0 Å². The Kier molecular flexibility index (Phi) is 4.49. The zero-order chi connectivity index (χ0) is 12.0. The van der Waals surface area contributed by atoms with E-state index in [4.69, 9.17) is 15.7 Å². The molecule has 2 N–H and O–H groups in total. The van der Waals surface area contributed by atoms with E-state index < -0.39 is 6.04 Å². The number of carbonyl (C=O) groups is 1. The van der Waals surface area contributed by atoms with Gasteiger partial charge >= 0.3 is 5.97 Å². The van der Waals surface area contributed by atoms with Gasteiger partial charge in [0.1, 0.15) is 0 Å². The van der Waals surface area contributed by atoms with Crippen LogP contribution in [0.3, 0.4) is 0 Å². The van der Waals surface area contributed by atoms with Crippen LogP contribution in [0.5, 0.6) is 0 Å². The molecule has 0 bridgehead atoms. The largest absolute Gasteiger partial charge is 0.466 e. The number of esters is 1. The molecule has 4 nitrogen and oxygen atoms in total. The predicted molar refractivity (Wildman–Crippen MR) is 59.3 cm³/mol. The minimum Gasteiger partial charge on any atom is -0.466 e. The Hall–Kier alpha value is -1.86. The molecule has 1 aromatic rings. The number of ether oxygens (including phenoxy) is 1. The lowest BCUT2D eigenvalue weighted by molar-refractivity contribution is -0.143. The Morgan fingerprint density at radius 1 is 1.62 bits per heavy atom. The molecule has 0 spiro atoms. The molecule has 1 rings (SSSR count). The van der Waals surface area contributed by atoms with Gasteiger partial charge in [-0.2, -0.15) is 5.26 Å². The Morgan fingerprint density at radius 2 is 2.38 bits per heavy atom. The lowest BCUT2D eigenvalue weighted by Gasteiger charge is -2.11. The van der Waals surface area contributed by atoms with Gasteiger partial charge < -0.3 is 10.5 Å². The van der Waals surface area contributed by atoms with Crippen molar-refractivity contribution in [3.05, 3.63) is 35.4 Å². The van der Waals surface area contributed by atoms with E-state index in [1.807, 2.05) is 6.07 Å². The first kappa shape index (κ1) is 12.2. The van der Waals surface area contributed by atoms with Crippen LogP contribution < -0.4 is 5.73 Å². The van der Waals surface area contributed by atoms with Crippen molar-refractivity contribution in [2.45, 2.75) is 19.4 Å². The molecule has 84 valence electrons. The summed E-state index contributed by atoms with van der Waals surface area (Å²) in [5, 5.41) is 8.73. The van der Waals surface area contributed by atoms with Gasteiger partial charge in [0.25, 0.3) is 0 Å². The summed E-state index contributed by atoms with van der Waals surface area (Å²) >= 11 is 0. The smallest absolute Gasteiger partial charge is 0.307 e. The molecule has 0 aliphatic carbocycles. The standard InChI is InChI=1S/C12H14N2O2/c1-2-16-12(15)7-11(14)10-5-3-4-9(6-10)8-13/h3-6,11H,2,7,14H2,1H3/t11-/m0/s1. The number of hydrogen-bond donors (Lipinski definition) is 1. The topological polar surface area (TPSA) is 76.1 Å². The Labute approximate surface area is 94.6 Å². The number of benzene rings is 1. The van der Waals surface area contributed by atoms with E-state index in [1.54, 1.807) is 31.2 Å². The van der Waals surface area contributed by atoms with Crippen molar-refractivity contribution in [2.24, 2.45) is 5.73 Å². The molecule has 0 aliphatic rings. The number of nitrogens with zero attached hydrogens (tertiary/aromatic N) is 1. The van der Waals surface area contributed by atoms with Crippen LogP contribution in [-0.4, -0.2) is 12.6 Å². The number of carbonyl (C=O) groups excluding carboxylic acids is 1. The lowest BCUT2D eigenvalue weighted by Crippen LogP contribution is -2.17. The van der Waals surface area contributed by atoms with Crippen LogP contribution in [0.1, 0.15) is 30.5 Å². The van der Waals surface area contributed by atoms with Crippen LogP contribution in [0.15, 0.2) is 24.3 Å². The predicted octanol–water partition coefficient (Wildman–Crippen LogP) is 1.51. The van der Waals surface area contributed by atoms with Gasteiger partial charge in [-0.25, -0.2) is 0 Å². The van der Waals surface area contributed by atoms with Gasteiger partial charge in [-0.05, 0) is 24.6 Å².